The van der Waals surface area contributed by atoms with Crippen molar-refractivity contribution < 1.29 is 9.90 Å². The van der Waals surface area contributed by atoms with Gasteiger partial charge in [-0.15, -0.1) is 0 Å². The molecule has 3 unspecified atom stereocenters. The molecule has 0 aliphatic rings. The van der Waals surface area contributed by atoms with Crippen molar-refractivity contribution in [3.05, 3.63) is 0 Å². The second-order valence-electron chi connectivity index (χ2n) is 5.79. The molecule has 0 aromatic heterocycles. The van der Waals surface area contributed by atoms with Crippen molar-refractivity contribution in [2.75, 3.05) is 13.6 Å². The molecule has 0 radical (unpaired) electrons. The summed E-state index contributed by atoms with van der Waals surface area (Å²) in [5.74, 6) is -0.776. The standard InChI is InChI=1S/C15H32N2O2/c1-7-9-10-17(12(3)8-2)13(4)11-15(5,16-6)14(18)19/h12-13,16H,7-11H2,1-6H3,(H,18,19). The van der Waals surface area contributed by atoms with Crippen LogP contribution in [0.4, 0.5) is 0 Å². The Kier molecular flexibility index (Phi) is 8.26. The molecule has 0 aliphatic carbocycles. The molecule has 2 N–H and O–H groups in total. The Labute approximate surface area is 118 Å². The SMILES string of the molecule is CCCCN(C(C)CC)C(C)CC(C)(NC)C(=O)O. The summed E-state index contributed by atoms with van der Waals surface area (Å²) < 4.78 is 0. The van der Waals surface area contributed by atoms with Crippen molar-refractivity contribution in [2.45, 2.75) is 77.9 Å². The van der Waals surface area contributed by atoms with E-state index in [1.54, 1.807) is 14.0 Å². The maximum Gasteiger partial charge on any atom is 0.323 e. The van der Waals surface area contributed by atoms with Gasteiger partial charge in [0.2, 0.25) is 0 Å². The minimum Gasteiger partial charge on any atom is -0.480 e. The molecule has 0 bridgehead atoms. The van der Waals surface area contributed by atoms with Gasteiger partial charge in [-0.05, 0) is 53.6 Å². The zero-order valence-corrected chi connectivity index (χ0v) is 13.5. The fraction of sp³-hybridized carbons (Fsp3) is 0.933. The van der Waals surface area contributed by atoms with E-state index in [2.05, 4.69) is 37.9 Å². The predicted octanol–water partition coefficient (Wildman–Crippen LogP) is 2.73. The van der Waals surface area contributed by atoms with Crippen LogP contribution in [0.15, 0.2) is 0 Å². The Balaban J connectivity index is 4.78. The molecule has 0 fully saturated rings. The molecule has 114 valence electrons. The predicted molar refractivity (Wildman–Crippen MR) is 80.5 cm³/mol. The van der Waals surface area contributed by atoms with E-state index >= 15 is 0 Å². The van der Waals surface area contributed by atoms with E-state index in [1.807, 2.05) is 0 Å². The number of carboxylic acids is 1. The molecule has 0 aromatic carbocycles. The molecular weight excluding hydrogens is 240 g/mol. The number of hydrogen-bond donors (Lipinski definition) is 2. The van der Waals surface area contributed by atoms with Crippen LogP contribution in [-0.2, 0) is 4.79 Å². The minimum atomic E-state index is -0.850. The maximum atomic E-state index is 11.4. The first-order chi connectivity index (χ1) is 8.82. The number of nitrogens with one attached hydrogen (secondary N) is 1. The number of hydrogen-bond acceptors (Lipinski definition) is 3. The minimum absolute atomic E-state index is 0.259. The first-order valence-corrected chi connectivity index (χ1v) is 7.50. The summed E-state index contributed by atoms with van der Waals surface area (Å²) in [5.41, 5.74) is -0.850. The number of carbonyl (C=O) groups is 1. The van der Waals surface area contributed by atoms with E-state index < -0.39 is 11.5 Å². The molecule has 4 heteroatoms. The van der Waals surface area contributed by atoms with Gasteiger partial charge in [0.1, 0.15) is 5.54 Å². The number of unbranched alkanes of at least 4 members (excludes halogenated alkanes) is 1. The fourth-order valence-corrected chi connectivity index (χ4v) is 2.45. The second kappa shape index (κ2) is 8.54. The van der Waals surface area contributed by atoms with Crippen molar-refractivity contribution in [3.63, 3.8) is 0 Å². The molecule has 3 atom stereocenters. The number of aliphatic carboxylic acids is 1. The topological polar surface area (TPSA) is 52.6 Å². The van der Waals surface area contributed by atoms with Gasteiger partial charge in [-0.3, -0.25) is 9.69 Å². The van der Waals surface area contributed by atoms with Gasteiger partial charge in [0.05, 0.1) is 0 Å². The summed E-state index contributed by atoms with van der Waals surface area (Å²) >= 11 is 0. The second-order valence-corrected chi connectivity index (χ2v) is 5.79. The third kappa shape index (κ3) is 5.49. The number of rotatable bonds is 10. The Morgan fingerprint density at radius 1 is 1.32 bits per heavy atom. The third-order valence-corrected chi connectivity index (χ3v) is 4.22. The van der Waals surface area contributed by atoms with Gasteiger partial charge in [-0.1, -0.05) is 20.3 Å². The van der Waals surface area contributed by atoms with Crippen molar-refractivity contribution in [3.8, 4) is 0 Å². The number of carboxylic acid groups (broad SMARTS) is 1. The number of nitrogens with zero attached hydrogens (tertiary/aromatic N) is 1. The molecule has 0 saturated heterocycles. The highest BCUT2D eigenvalue weighted by molar-refractivity contribution is 5.78. The van der Waals surface area contributed by atoms with Gasteiger partial charge in [0.15, 0.2) is 0 Å². The van der Waals surface area contributed by atoms with E-state index in [9.17, 15) is 9.90 Å². The van der Waals surface area contributed by atoms with Crippen LogP contribution in [0.2, 0.25) is 0 Å². The van der Waals surface area contributed by atoms with Gasteiger partial charge in [-0.2, -0.15) is 0 Å². The molecule has 19 heavy (non-hydrogen) atoms. The average molecular weight is 272 g/mol. The molecule has 0 amide bonds. The third-order valence-electron chi connectivity index (χ3n) is 4.22. The molecule has 4 nitrogen and oxygen atoms in total. The van der Waals surface area contributed by atoms with E-state index in [1.165, 1.54) is 6.42 Å². The molecule has 0 heterocycles. The monoisotopic (exact) mass is 272 g/mol. The molecule has 0 saturated carbocycles. The van der Waals surface area contributed by atoms with E-state index in [0.717, 1.165) is 19.4 Å². The van der Waals surface area contributed by atoms with E-state index in [0.29, 0.717) is 12.5 Å². The van der Waals surface area contributed by atoms with Crippen LogP contribution in [0.3, 0.4) is 0 Å². The average Bonchev–Trinajstić information content (AvgIpc) is 2.38. The summed E-state index contributed by atoms with van der Waals surface area (Å²) in [5, 5.41) is 12.3. The van der Waals surface area contributed by atoms with Crippen LogP contribution >= 0.6 is 0 Å². The van der Waals surface area contributed by atoms with E-state index in [4.69, 9.17) is 0 Å². The van der Waals surface area contributed by atoms with E-state index in [-0.39, 0.29) is 6.04 Å². The Morgan fingerprint density at radius 2 is 1.89 bits per heavy atom. The Bertz CT molecular complexity index is 271. The summed E-state index contributed by atoms with van der Waals surface area (Å²) in [6, 6.07) is 0.756. The lowest BCUT2D eigenvalue weighted by Gasteiger charge is -2.38. The van der Waals surface area contributed by atoms with Gasteiger partial charge in [0.25, 0.3) is 0 Å². The Morgan fingerprint density at radius 3 is 2.26 bits per heavy atom. The number of likely N-dealkylation sites (N-methyl/N-ethyl adjacent to an activating group) is 1. The molecule has 0 spiro atoms. The molecule has 0 rings (SSSR count). The first kappa shape index (κ1) is 18.4. The van der Waals surface area contributed by atoms with Crippen LogP contribution in [-0.4, -0.2) is 47.2 Å². The quantitative estimate of drug-likeness (QED) is 0.642. The van der Waals surface area contributed by atoms with Crippen LogP contribution in [0.25, 0.3) is 0 Å². The van der Waals surface area contributed by atoms with Crippen molar-refractivity contribution in [2.24, 2.45) is 0 Å². The van der Waals surface area contributed by atoms with Crippen LogP contribution in [0.1, 0.15) is 60.3 Å². The first-order valence-electron chi connectivity index (χ1n) is 7.50. The van der Waals surface area contributed by atoms with Crippen LogP contribution in [0.5, 0.6) is 0 Å². The highest BCUT2D eigenvalue weighted by atomic mass is 16.4. The summed E-state index contributed by atoms with van der Waals surface area (Å²) in [4.78, 5) is 13.8. The zero-order valence-electron chi connectivity index (χ0n) is 13.5. The Hall–Kier alpha value is -0.610. The lowest BCUT2D eigenvalue weighted by Crippen LogP contribution is -2.53. The largest absolute Gasteiger partial charge is 0.480 e. The summed E-state index contributed by atoms with van der Waals surface area (Å²) in [6.07, 6.45) is 4.05. The lowest BCUT2D eigenvalue weighted by atomic mass is 9.92. The van der Waals surface area contributed by atoms with Crippen LogP contribution in [0, 0.1) is 0 Å². The van der Waals surface area contributed by atoms with Crippen molar-refractivity contribution in [1.82, 2.24) is 10.2 Å². The van der Waals surface area contributed by atoms with Crippen LogP contribution < -0.4 is 5.32 Å². The highest BCUT2D eigenvalue weighted by Gasteiger charge is 2.35. The molecular formula is C15H32N2O2. The summed E-state index contributed by atoms with van der Waals surface area (Å²) in [6.45, 7) is 11.6. The summed E-state index contributed by atoms with van der Waals surface area (Å²) in [7, 11) is 1.72. The lowest BCUT2D eigenvalue weighted by molar-refractivity contribution is -0.144. The molecule has 0 aliphatic heterocycles. The fourth-order valence-electron chi connectivity index (χ4n) is 2.45. The normalized spacial score (nSPS) is 18.1. The van der Waals surface area contributed by atoms with Gasteiger partial charge >= 0.3 is 5.97 Å². The smallest absolute Gasteiger partial charge is 0.323 e. The van der Waals surface area contributed by atoms with Gasteiger partial charge in [0, 0.05) is 12.1 Å². The molecule has 0 aromatic rings. The highest BCUT2D eigenvalue weighted by Crippen LogP contribution is 2.20. The van der Waals surface area contributed by atoms with Crippen molar-refractivity contribution >= 4 is 5.97 Å². The van der Waals surface area contributed by atoms with Crippen molar-refractivity contribution in [1.29, 1.82) is 0 Å². The van der Waals surface area contributed by atoms with Gasteiger partial charge in [-0.25, -0.2) is 0 Å². The zero-order chi connectivity index (χ0) is 15.1. The van der Waals surface area contributed by atoms with Gasteiger partial charge < -0.3 is 10.4 Å². The maximum absolute atomic E-state index is 11.4.